The van der Waals surface area contributed by atoms with E-state index in [1.54, 1.807) is 36.5 Å². The standard InChI is InChI=1S/C22H23N5O3S/c1-14-4-9-18(23-13-14)25-20(29)15-5-7-16(8-6-15)24-19(28)12-17-21(30)26-22(31-17)27-10-2-3-11-27/h4-9,13,17H,2-3,10-12H2,1H3,(H,24,28)(H,23,25,29). The molecule has 2 aliphatic rings. The van der Waals surface area contributed by atoms with Crippen LogP contribution in [0, 0.1) is 6.92 Å². The SMILES string of the molecule is Cc1ccc(NC(=O)c2ccc(NC(=O)CC3SC(N4CCCC4)=NC3=O)cc2)nc1. The number of hydrogen-bond acceptors (Lipinski definition) is 6. The predicted molar refractivity (Wildman–Crippen MR) is 121 cm³/mol. The van der Waals surface area contributed by atoms with Gasteiger partial charge in [-0.25, -0.2) is 4.98 Å². The number of hydrogen-bond donors (Lipinski definition) is 2. The van der Waals surface area contributed by atoms with Crippen molar-refractivity contribution >= 4 is 46.2 Å². The van der Waals surface area contributed by atoms with Crippen LogP contribution in [-0.2, 0) is 9.59 Å². The monoisotopic (exact) mass is 437 g/mol. The molecule has 8 nitrogen and oxygen atoms in total. The topological polar surface area (TPSA) is 104 Å². The molecule has 9 heteroatoms. The van der Waals surface area contributed by atoms with Gasteiger partial charge in [-0.2, -0.15) is 4.99 Å². The summed E-state index contributed by atoms with van der Waals surface area (Å²) in [5, 5.41) is 5.77. The van der Waals surface area contributed by atoms with Gasteiger partial charge in [-0.1, -0.05) is 17.8 Å². The Bertz CT molecular complexity index is 1010. The maximum atomic E-state index is 12.4. The van der Waals surface area contributed by atoms with E-state index in [0.717, 1.165) is 36.7 Å². The van der Waals surface area contributed by atoms with Crippen LogP contribution in [0.15, 0.2) is 47.6 Å². The Hall–Kier alpha value is -3.20. The van der Waals surface area contributed by atoms with E-state index in [1.807, 2.05) is 13.0 Å². The van der Waals surface area contributed by atoms with Crippen molar-refractivity contribution in [2.45, 2.75) is 31.4 Å². The van der Waals surface area contributed by atoms with Gasteiger partial charge in [-0.05, 0) is 55.7 Å². The first-order valence-corrected chi connectivity index (χ1v) is 11.0. The highest BCUT2D eigenvalue weighted by Crippen LogP contribution is 2.29. The fraction of sp³-hybridized carbons (Fsp3) is 0.318. The summed E-state index contributed by atoms with van der Waals surface area (Å²) in [7, 11) is 0. The van der Waals surface area contributed by atoms with E-state index >= 15 is 0 Å². The molecule has 0 bridgehead atoms. The number of aliphatic imine (C=N–C) groups is 1. The third kappa shape index (κ3) is 5.29. The van der Waals surface area contributed by atoms with Crippen LogP contribution in [0.4, 0.5) is 11.5 Å². The van der Waals surface area contributed by atoms with Crippen LogP contribution in [0.5, 0.6) is 0 Å². The number of amides is 3. The Kier molecular flexibility index (Phi) is 6.31. The molecule has 1 atom stereocenters. The van der Waals surface area contributed by atoms with Gasteiger partial charge in [0.2, 0.25) is 5.91 Å². The van der Waals surface area contributed by atoms with Gasteiger partial charge >= 0.3 is 0 Å². The molecule has 1 unspecified atom stereocenters. The Balaban J connectivity index is 1.28. The molecule has 0 spiro atoms. The lowest BCUT2D eigenvalue weighted by atomic mass is 10.2. The molecule has 1 saturated heterocycles. The number of carbonyl (C=O) groups excluding carboxylic acids is 3. The number of nitrogens with one attached hydrogen (secondary N) is 2. The first kappa shape index (κ1) is 21.0. The number of rotatable bonds is 5. The summed E-state index contributed by atoms with van der Waals surface area (Å²) in [5.41, 5.74) is 2.02. The number of amidine groups is 1. The molecule has 3 heterocycles. The highest BCUT2D eigenvalue weighted by atomic mass is 32.2. The number of likely N-dealkylation sites (tertiary alicyclic amines) is 1. The van der Waals surface area contributed by atoms with Crippen molar-refractivity contribution in [3.8, 4) is 0 Å². The molecule has 4 rings (SSSR count). The van der Waals surface area contributed by atoms with Crippen molar-refractivity contribution in [3.05, 3.63) is 53.7 Å². The van der Waals surface area contributed by atoms with E-state index in [9.17, 15) is 14.4 Å². The lowest BCUT2D eigenvalue weighted by Gasteiger charge is -2.16. The van der Waals surface area contributed by atoms with Crippen LogP contribution in [0.2, 0.25) is 0 Å². The second-order valence-corrected chi connectivity index (χ2v) is 8.71. The van der Waals surface area contributed by atoms with Crippen LogP contribution < -0.4 is 10.6 Å². The van der Waals surface area contributed by atoms with E-state index in [1.165, 1.54) is 11.8 Å². The molecule has 0 radical (unpaired) electrons. The third-order valence-electron chi connectivity index (χ3n) is 5.06. The second-order valence-electron chi connectivity index (χ2n) is 7.54. The Labute approximate surface area is 184 Å². The van der Waals surface area contributed by atoms with E-state index in [0.29, 0.717) is 17.1 Å². The lowest BCUT2D eigenvalue weighted by molar-refractivity contribution is -0.121. The summed E-state index contributed by atoms with van der Waals surface area (Å²) in [5.74, 6) is -0.320. The summed E-state index contributed by atoms with van der Waals surface area (Å²) in [4.78, 5) is 47.3. The van der Waals surface area contributed by atoms with Crippen molar-refractivity contribution in [2.24, 2.45) is 4.99 Å². The van der Waals surface area contributed by atoms with Crippen LogP contribution in [0.1, 0.15) is 35.2 Å². The van der Waals surface area contributed by atoms with E-state index < -0.39 is 5.25 Å². The first-order chi connectivity index (χ1) is 15.0. The predicted octanol–water partition coefficient (Wildman–Crippen LogP) is 3.06. The summed E-state index contributed by atoms with van der Waals surface area (Å²) in [6, 6.07) is 10.2. The minimum atomic E-state index is -0.484. The van der Waals surface area contributed by atoms with Crippen LogP contribution >= 0.6 is 11.8 Å². The molecule has 1 fully saturated rings. The van der Waals surface area contributed by atoms with Gasteiger partial charge in [0, 0.05) is 37.0 Å². The van der Waals surface area contributed by atoms with Gasteiger partial charge in [0.05, 0.1) is 0 Å². The molecule has 1 aromatic heterocycles. The molecular weight excluding hydrogens is 414 g/mol. The zero-order valence-corrected chi connectivity index (χ0v) is 17.9. The molecule has 0 saturated carbocycles. The summed E-state index contributed by atoms with van der Waals surface area (Å²) < 4.78 is 0. The zero-order valence-electron chi connectivity index (χ0n) is 17.1. The maximum absolute atomic E-state index is 12.4. The number of aryl methyl sites for hydroxylation is 1. The molecule has 1 aromatic carbocycles. The van der Waals surface area contributed by atoms with Gasteiger partial charge in [0.25, 0.3) is 11.8 Å². The third-order valence-corrected chi connectivity index (χ3v) is 6.27. The minimum Gasteiger partial charge on any atom is -0.351 e. The van der Waals surface area contributed by atoms with Crippen LogP contribution in [0.3, 0.4) is 0 Å². The number of aromatic nitrogens is 1. The molecule has 2 N–H and O–H groups in total. The number of anilines is 2. The summed E-state index contributed by atoms with van der Waals surface area (Å²) in [6.07, 6.45) is 3.95. The zero-order chi connectivity index (χ0) is 21.8. The van der Waals surface area contributed by atoms with Crippen molar-refractivity contribution in [1.29, 1.82) is 0 Å². The van der Waals surface area contributed by atoms with Crippen LogP contribution in [-0.4, -0.2) is 51.1 Å². The van der Waals surface area contributed by atoms with Crippen LogP contribution in [0.25, 0.3) is 0 Å². The normalized spacial score (nSPS) is 18.1. The number of pyridine rings is 1. The van der Waals surface area contributed by atoms with Crippen molar-refractivity contribution < 1.29 is 14.4 Å². The Morgan fingerprint density at radius 2 is 1.84 bits per heavy atom. The molecular formula is C22H23N5O3S. The molecule has 160 valence electrons. The van der Waals surface area contributed by atoms with Gasteiger partial charge in [0.15, 0.2) is 5.17 Å². The quantitative estimate of drug-likeness (QED) is 0.745. The Morgan fingerprint density at radius 3 is 2.52 bits per heavy atom. The maximum Gasteiger partial charge on any atom is 0.262 e. The average molecular weight is 438 g/mol. The Morgan fingerprint density at radius 1 is 1.10 bits per heavy atom. The van der Waals surface area contributed by atoms with Gasteiger partial charge in [-0.15, -0.1) is 0 Å². The largest absolute Gasteiger partial charge is 0.351 e. The smallest absolute Gasteiger partial charge is 0.262 e. The van der Waals surface area contributed by atoms with Crippen molar-refractivity contribution in [1.82, 2.24) is 9.88 Å². The van der Waals surface area contributed by atoms with Gasteiger partial charge in [-0.3, -0.25) is 14.4 Å². The minimum absolute atomic E-state index is 0.0612. The average Bonchev–Trinajstić information content (AvgIpc) is 3.40. The van der Waals surface area contributed by atoms with Gasteiger partial charge in [0.1, 0.15) is 11.1 Å². The molecule has 31 heavy (non-hydrogen) atoms. The fourth-order valence-electron chi connectivity index (χ4n) is 3.37. The van der Waals surface area contributed by atoms with E-state index in [4.69, 9.17) is 0 Å². The fourth-order valence-corrected chi connectivity index (χ4v) is 4.49. The molecule has 0 aliphatic carbocycles. The number of carbonyl (C=O) groups is 3. The van der Waals surface area contributed by atoms with E-state index in [2.05, 4.69) is 25.5 Å². The second kappa shape index (κ2) is 9.30. The van der Waals surface area contributed by atoms with Crippen molar-refractivity contribution in [2.75, 3.05) is 23.7 Å². The molecule has 2 aromatic rings. The van der Waals surface area contributed by atoms with Gasteiger partial charge < -0.3 is 15.5 Å². The number of nitrogens with zero attached hydrogens (tertiary/aromatic N) is 3. The van der Waals surface area contributed by atoms with Crippen molar-refractivity contribution in [3.63, 3.8) is 0 Å². The summed E-state index contributed by atoms with van der Waals surface area (Å²) >= 11 is 1.37. The molecule has 3 amide bonds. The highest BCUT2D eigenvalue weighted by Gasteiger charge is 2.33. The highest BCUT2D eigenvalue weighted by molar-refractivity contribution is 8.15. The first-order valence-electron chi connectivity index (χ1n) is 10.2. The summed E-state index contributed by atoms with van der Waals surface area (Å²) in [6.45, 7) is 3.75. The lowest BCUT2D eigenvalue weighted by Crippen LogP contribution is -2.25. The molecule has 2 aliphatic heterocycles. The number of thioether (sulfide) groups is 1. The van der Waals surface area contributed by atoms with E-state index in [-0.39, 0.29) is 24.1 Å². The number of benzene rings is 1.